The fourth-order valence-corrected chi connectivity index (χ4v) is 4.00. The molecule has 1 atom stereocenters. The number of hydrogen-bond donors (Lipinski definition) is 1. The summed E-state index contributed by atoms with van der Waals surface area (Å²) in [6, 6.07) is 24.9. The topological polar surface area (TPSA) is 52.3 Å². The summed E-state index contributed by atoms with van der Waals surface area (Å²) in [5.41, 5.74) is 1.13. The Hall–Kier alpha value is -2.30. The molecule has 1 unspecified atom stereocenters. The number of carbonyl (C=O) groups excluding carboxylic acids is 1. The zero-order valence-corrected chi connectivity index (χ0v) is 15.5. The summed E-state index contributed by atoms with van der Waals surface area (Å²) in [6.45, 7) is 0. The lowest BCUT2D eigenvalue weighted by Gasteiger charge is -2.14. The van der Waals surface area contributed by atoms with Gasteiger partial charge in [0.15, 0.2) is 0 Å². The van der Waals surface area contributed by atoms with Gasteiger partial charge in [-0.15, -0.1) is 11.8 Å². The second-order valence-electron chi connectivity index (χ2n) is 6.32. The summed E-state index contributed by atoms with van der Waals surface area (Å²) in [6.07, 6.45) is 2.37. The molecule has 0 aliphatic heterocycles. The number of hydrogen-bond acceptors (Lipinski definition) is 4. The highest BCUT2D eigenvalue weighted by atomic mass is 32.2. The number of nitrogens with two attached hydrogens (primary N) is 1. The van der Waals surface area contributed by atoms with Crippen molar-refractivity contribution in [3.63, 3.8) is 0 Å². The van der Waals surface area contributed by atoms with Crippen molar-refractivity contribution < 1.29 is 9.63 Å². The predicted molar refractivity (Wildman–Crippen MR) is 108 cm³/mol. The molecule has 3 aromatic carbocycles. The van der Waals surface area contributed by atoms with Crippen LogP contribution in [0.2, 0.25) is 0 Å². The van der Waals surface area contributed by atoms with Gasteiger partial charge in [-0.25, -0.2) is 0 Å². The Morgan fingerprint density at radius 1 is 0.962 bits per heavy atom. The van der Waals surface area contributed by atoms with E-state index in [2.05, 4.69) is 47.3 Å². The number of benzene rings is 3. The quantitative estimate of drug-likeness (QED) is 0.347. The minimum Gasteiger partial charge on any atom is -0.373 e. The smallest absolute Gasteiger partial charge is 0.327 e. The molecule has 3 aromatic rings. The average Bonchev–Trinajstić information content (AvgIpc) is 2.70. The van der Waals surface area contributed by atoms with E-state index in [-0.39, 0.29) is 11.9 Å². The van der Waals surface area contributed by atoms with E-state index in [9.17, 15) is 4.79 Å². The fourth-order valence-electron chi connectivity index (χ4n) is 3.08. The summed E-state index contributed by atoms with van der Waals surface area (Å²) in [7, 11) is 0. The van der Waals surface area contributed by atoms with E-state index in [1.165, 1.54) is 15.7 Å². The fraction of sp³-hybridized carbons (Fsp3) is 0.227. The third kappa shape index (κ3) is 5.10. The molecule has 0 heterocycles. The van der Waals surface area contributed by atoms with Crippen molar-refractivity contribution in [2.24, 2.45) is 11.8 Å². The molecule has 0 amide bonds. The van der Waals surface area contributed by atoms with E-state index in [1.807, 2.05) is 42.1 Å². The van der Waals surface area contributed by atoms with E-state index in [4.69, 9.17) is 5.90 Å². The van der Waals surface area contributed by atoms with Gasteiger partial charge in [0.2, 0.25) is 0 Å². The van der Waals surface area contributed by atoms with Gasteiger partial charge in [-0.3, -0.25) is 4.79 Å². The van der Waals surface area contributed by atoms with Gasteiger partial charge >= 0.3 is 5.97 Å². The highest BCUT2D eigenvalue weighted by Gasteiger charge is 2.19. The molecule has 0 fully saturated rings. The predicted octanol–water partition coefficient (Wildman–Crippen LogP) is 4.99. The number of rotatable bonds is 8. The summed E-state index contributed by atoms with van der Waals surface area (Å²) < 4.78 is 0. The van der Waals surface area contributed by atoms with E-state index in [1.54, 1.807) is 0 Å². The van der Waals surface area contributed by atoms with Crippen LogP contribution in [0.25, 0.3) is 10.8 Å². The van der Waals surface area contributed by atoms with Crippen LogP contribution in [0.3, 0.4) is 0 Å². The van der Waals surface area contributed by atoms with Gasteiger partial charge in [0.05, 0.1) is 5.92 Å². The maximum Gasteiger partial charge on any atom is 0.327 e. The number of carbonyl (C=O) groups is 1. The van der Waals surface area contributed by atoms with Crippen molar-refractivity contribution in [1.82, 2.24) is 0 Å². The first-order valence-electron chi connectivity index (χ1n) is 8.82. The van der Waals surface area contributed by atoms with E-state index in [0.29, 0.717) is 6.42 Å². The van der Waals surface area contributed by atoms with Gasteiger partial charge in [0.1, 0.15) is 0 Å². The highest BCUT2D eigenvalue weighted by molar-refractivity contribution is 7.99. The molecule has 26 heavy (non-hydrogen) atoms. The SMILES string of the molecule is NOC(=O)C(CCCSc1ccc2ccccc2c1)Cc1ccccc1. The first-order chi connectivity index (χ1) is 12.8. The van der Waals surface area contributed by atoms with Crippen LogP contribution in [0.1, 0.15) is 18.4 Å². The lowest BCUT2D eigenvalue weighted by atomic mass is 9.95. The van der Waals surface area contributed by atoms with Gasteiger partial charge in [-0.05, 0) is 53.5 Å². The lowest BCUT2D eigenvalue weighted by Crippen LogP contribution is -2.23. The van der Waals surface area contributed by atoms with Gasteiger partial charge in [-0.1, -0.05) is 60.7 Å². The minimum absolute atomic E-state index is 0.195. The Kier molecular flexibility index (Phi) is 6.69. The average molecular weight is 365 g/mol. The highest BCUT2D eigenvalue weighted by Crippen LogP contribution is 2.25. The van der Waals surface area contributed by atoms with Crippen LogP contribution in [0.4, 0.5) is 0 Å². The Bertz CT molecular complexity index is 851. The summed E-state index contributed by atoms with van der Waals surface area (Å²) in [5.74, 6) is 5.56. The van der Waals surface area contributed by atoms with Crippen LogP contribution in [0.5, 0.6) is 0 Å². The van der Waals surface area contributed by atoms with Gasteiger partial charge in [0, 0.05) is 4.90 Å². The summed E-state index contributed by atoms with van der Waals surface area (Å²) >= 11 is 1.82. The molecular formula is C22H23NO2S. The molecule has 0 saturated heterocycles. The molecule has 0 aromatic heterocycles. The van der Waals surface area contributed by atoms with Crippen LogP contribution in [-0.4, -0.2) is 11.7 Å². The third-order valence-corrected chi connectivity index (χ3v) is 5.54. The second kappa shape index (κ2) is 9.41. The molecule has 4 heteroatoms. The molecule has 0 spiro atoms. The first kappa shape index (κ1) is 18.5. The molecule has 134 valence electrons. The molecule has 0 saturated carbocycles. The minimum atomic E-state index is -0.329. The largest absolute Gasteiger partial charge is 0.373 e. The van der Waals surface area contributed by atoms with Crippen molar-refractivity contribution in [3.8, 4) is 0 Å². The first-order valence-corrected chi connectivity index (χ1v) is 9.81. The van der Waals surface area contributed by atoms with Crippen molar-refractivity contribution in [3.05, 3.63) is 78.4 Å². The molecule has 2 N–H and O–H groups in total. The molecule has 0 bridgehead atoms. The van der Waals surface area contributed by atoms with Gasteiger partial charge in [0.25, 0.3) is 0 Å². The van der Waals surface area contributed by atoms with Crippen LogP contribution in [-0.2, 0) is 16.1 Å². The van der Waals surface area contributed by atoms with Crippen LogP contribution in [0.15, 0.2) is 77.7 Å². The maximum absolute atomic E-state index is 12.0. The van der Waals surface area contributed by atoms with Crippen molar-refractivity contribution in [2.75, 3.05) is 5.75 Å². The Morgan fingerprint density at radius 2 is 1.69 bits per heavy atom. The molecule has 0 radical (unpaired) electrons. The van der Waals surface area contributed by atoms with Crippen molar-refractivity contribution in [2.45, 2.75) is 24.2 Å². The number of thioether (sulfide) groups is 1. The Morgan fingerprint density at radius 3 is 2.46 bits per heavy atom. The Labute approximate surface area is 158 Å². The Balaban J connectivity index is 1.52. The van der Waals surface area contributed by atoms with Crippen LogP contribution in [0, 0.1) is 5.92 Å². The lowest BCUT2D eigenvalue weighted by molar-refractivity contribution is -0.149. The van der Waals surface area contributed by atoms with Crippen molar-refractivity contribution >= 4 is 28.5 Å². The van der Waals surface area contributed by atoms with Crippen LogP contribution < -0.4 is 5.90 Å². The van der Waals surface area contributed by atoms with Gasteiger partial charge < -0.3 is 4.84 Å². The molecule has 0 aliphatic rings. The summed E-state index contributed by atoms with van der Waals surface area (Å²) in [5, 5.41) is 2.51. The van der Waals surface area contributed by atoms with E-state index >= 15 is 0 Å². The normalized spacial score (nSPS) is 12.0. The van der Waals surface area contributed by atoms with Gasteiger partial charge in [-0.2, -0.15) is 5.90 Å². The van der Waals surface area contributed by atoms with E-state index in [0.717, 1.165) is 24.2 Å². The summed E-state index contributed by atoms with van der Waals surface area (Å²) in [4.78, 5) is 17.7. The monoisotopic (exact) mass is 365 g/mol. The number of fused-ring (bicyclic) bond motifs is 1. The zero-order valence-electron chi connectivity index (χ0n) is 14.6. The standard InChI is InChI=1S/C22H23NO2S/c23-25-22(24)20(15-17-7-2-1-3-8-17)11-6-14-26-21-13-12-18-9-4-5-10-19(18)16-21/h1-5,7-10,12-13,16,20H,6,11,14-15,23H2. The third-order valence-electron chi connectivity index (χ3n) is 4.46. The van der Waals surface area contributed by atoms with Crippen LogP contribution >= 0.6 is 11.8 Å². The molecule has 0 aliphatic carbocycles. The molecule has 3 rings (SSSR count). The zero-order chi connectivity index (χ0) is 18.2. The maximum atomic E-state index is 12.0. The van der Waals surface area contributed by atoms with E-state index < -0.39 is 0 Å². The van der Waals surface area contributed by atoms with Crippen molar-refractivity contribution in [1.29, 1.82) is 0 Å². The second-order valence-corrected chi connectivity index (χ2v) is 7.49. The molecule has 3 nitrogen and oxygen atoms in total. The molecular weight excluding hydrogens is 342 g/mol.